The van der Waals surface area contributed by atoms with Gasteiger partial charge in [0.1, 0.15) is 0 Å². The first-order valence-corrected chi connectivity index (χ1v) is 5.16. The molecule has 78 valence electrons. The van der Waals surface area contributed by atoms with Gasteiger partial charge in [-0.2, -0.15) is 0 Å². The lowest BCUT2D eigenvalue weighted by molar-refractivity contribution is -0.136. The minimum atomic E-state index is -0.846. The molecule has 0 bridgehead atoms. The molecule has 1 N–H and O–H groups in total. The zero-order valence-electron chi connectivity index (χ0n) is 8.19. The van der Waals surface area contributed by atoms with Gasteiger partial charge in [0.05, 0.1) is 23.7 Å². The zero-order valence-corrected chi connectivity index (χ0v) is 9.00. The van der Waals surface area contributed by atoms with E-state index in [1.165, 1.54) is 11.3 Å². The van der Waals surface area contributed by atoms with Crippen molar-refractivity contribution in [1.29, 1.82) is 0 Å². The maximum atomic E-state index is 10.4. The van der Waals surface area contributed by atoms with Crippen LogP contribution in [0.15, 0.2) is 5.38 Å². The van der Waals surface area contributed by atoms with Crippen molar-refractivity contribution in [2.24, 2.45) is 0 Å². The van der Waals surface area contributed by atoms with E-state index in [1.54, 1.807) is 12.5 Å². The predicted molar refractivity (Wildman–Crippen MR) is 53.7 cm³/mol. The van der Waals surface area contributed by atoms with Crippen LogP contribution in [0.5, 0.6) is 0 Å². The fraction of sp³-hybridized carbons (Fsp3) is 0.556. The summed E-state index contributed by atoms with van der Waals surface area (Å²) >= 11 is 1.49. The molecule has 5 heteroatoms. The number of methoxy groups -OCH3 is 1. The van der Waals surface area contributed by atoms with Crippen LogP contribution in [0.4, 0.5) is 0 Å². The van der Waals surface area contributed by atoms with Crippen LogP contribution >= 0.6 is 11.3 Å². The predicted octanol–water partition coefficient (Wildman–Crippen LogP) is 1.52. The van der Waals surface area contributed by atoms with Crippen LogP contribution in [0, 0.1) is 0 Å². The molecule has 0 aliphatic heterocycles. The molecule has 0 spiro atoms. The maximum absolute atomic E-state index is 10.4. The summed E-state index contributed by atoms with van der Waals surface area (Å²) in [5, 5.41) is 11.3. The third-order valence-corrected chi connectivity index (χ3v) is 2.87. The van der Waals surface area contributed by atoms with Crippen LogP contribution in [-0.2, 0) is 16.0 Å². The Morgan fingerprint density at radius 2 is 2.50 bits per heavy atom. The summed E-state index contributed by atoms with van der Waals surface area (Å²) < 4.78 is 5.00. The van der Waals surface area contributed by atoms with Gasteiger partial charge in [0.2, 0.25) is 0 Å². The summed E-state index contributed by atoms with van der Waals surface area (Å²) in [5.41, 5.74) is 0.625. The number of nitrogens with zero attached hydrogens (tertiary/aromatic N) is 1. The molecule has 1 aromatic rings. The van der Waals surface area contributed by atoms with E-state index in [-0.39, 0.29) is 12.3 Å². The zero-order chi connectivity index (χ0) is 10.6. The number of carboxylic acid groups (broad SMARTS) is 1. The van der Waals surface area contributed by atoms with Crippen molar-refractivity contribution in [1.82, 2.24) is 4.98 Å². The Labute approximate surface area is 86.6 Å². The molecule has 0 fully saturated rings. The number of carbonyl (C=O) groups is 1. The molecule has 1 atom stereocenters. The van der Waals surface area contributed by atoms with E-state index in [4.69, 9.17) is 9.84 Å². The summed E-state index contributed by atoms with van der Waals surface area (Å²) in [6.07, 6.45) is -0.00377. The van der Waals surface area contributed by atoms with E-state index < -0.39 is 5.97 Å². The molecule has 1 aromatic heterocycles. The molecule has 1 rings (SSSR count). The molecule has 0 radical (unpaired) electrons. The molecule has 0 aromatic carbocycles. The smallest absolute Gasteiger partial charge is 0.309 e. The van der Waals surface area contributed by atoms with Crippen molar-refractivity contribution >= 4 is 17.3 Å². The van der Waals surface area contributed by atoms with Crippen LogP contribution in [0.25, 0.3) is 0 Å². The standard InChI is InChI=1S/C9H13NO3S/c1-6(4-13-2)9-10-7(5-14-9)3-8(11)12/h5-6H,3-4H2,1-2H3,(H,11,12). The average Bonchev–Trinajstić information content (AvgIpc) is 2.52. The van der Waals surface area contributed by atoms with Gasteiger partial charge in [0.25, 0.3) is 0 Å². The Balaban J connectivity index is 2.62. The van der Waals surface area contributed by atoms with Crippen LogP contribution in [0.3, 0.4) is 0 Å². The molecule has 1 unspecified atom stereocenters. The number of carboxylic acids is 1. The molecular formula is C9H13NO3S. The fourth-order valence-electron chi connectivity index (χ4n) is 1.11. The molecule has 0 aliphatic rings. The van der Waals surface area contributed by atoms with Gasteiger partial charge in [-0.3, -0.25) is 4.79 Å². The number of aromatic nitrogens is 1. The van der Waals surface area contributed by atoms with Crippen molar-refractivity contribution in [3.05, 3.63) is 16.1 Å². The monoisotopic (exact) mass is 215 g/mol. The molecular weight excluding hydrogens is 202 g/mol. The lowest BCUT2D eigenvalue weighted by Gasteiger charge is -2.04. The van der Waals surface area contributed by atoms with E-state index in [9.17, 15) is 4.79 Å². The lowest BCUT2D eigenvalue weighted by Crippen LogP contribution is -2.03. The van der Waals surface area contributed by atoms with Crippen LogP contribution in [-0.4, -0.2) is 29.8 Å². The number of aliphatic carboxylic acids is 1. The van der Waals surface area contributed by atoms with Gasteiger partial charge in [-0.25, -0.2) is 4.98 Å². The first-order valence-electron chi connectivity index (χ1n) is 4.28. The number of hydrogen-bond acceptors (Lipinski definition) is 4. The molecule has 0 saturated carbocycles. The van der Waals surface area contributed by atoms with Crippen molar-refractivity contribution in [2.75, 3.05) is 13.7 Å². The van der Waals surface area contributed by atoms with E-state index in [0.717, 1.165) is 5.01 Å². The Hall–Kier alpha value is -0.940. The van der Waals surface area contributed by atoms with Gasteiger partial charge in [-0.1, -0.05) is 6.92 Å². The summed E-state index contributed by atoms with van der Waals surface area (Å²) in [4.78, 5) is 14.6. The number of thiazole rings is 1. The highest BCUT2D eigenvalue weighted by atomic mass is 32.1. The normalized spacial score (nSPS) is 12.7. The number of rotatable bonds is 5. The molecule has 1 heterocycles. The Morgan fingerprint density at radius 1 is 1.79 bits per heavy atom. The molecule has 0 saturated heterocycles. The highest BCUT2D eigenvalue weighted by molar-refractivity contribution is 7.09. The van der Waals surface area contributed by atoms with Gasteiger partial charge in [-0.05, 0) is 0 Å². The SMILES string of the molecule is COCC(C)c1nc(CC(=O)O)cs1. The fourth-order valence-corrected chi connectivity index (χ4v) is 1.97. The first-order chi connectivity index (χ1) is 6.63. The summed E-state index contributed by atoms with van der Waals surface area (Å²) in [6.45, 7) is 2.62. The first kappa shape index (κ1) is 11.1. The minimum absolute atomic E-state index is 0.00377. The molecule has 4 nitrogen and oxygen atoms in total. The van der Waals surface area contributed by atoms with Gasteiger partial charge in [-0.15, -0.1) is 11.3 Å². The van der Waals surface area contributed by atoms with Crippen LogP contribution in [0.1, 0.15) is 23.5 Å². The largest absolute Gasteiger partial charge is 0.481 e. The third-order valence-electron chi connectivity index (χ3n) is 1.74. The van der Waals surface area contributed by atoms with Crippen LogP contribution in [0.2, 0.25) is 0 Å². The Bertz CT molecular complexity index is 311. The van der Waals surface area contributed by atoms with E-state index >= 15 is 0 Å². The van der Waals surface area contributed by atoms with Crippen molar-refractivity contribution in [3.8, 4) is 0 Å². The highest BCUT2D eigenvalue weighted by Gasteiger charge is 2.11. The Morgan fingerprint density at radius 3 is 3.07 bits per heavy atom. The Kier molecular flexibility index (Phi) is 4.03. The van der Waals surface area contributed by atoms with Gasteiger partial charge in [0, 0.05) is 18.4 Å². The maximum Gasteiger partial charge on any atom is 0.309 e. The third kappa shape index (κ3) is 3.08. The highest BCUT2D eigenvalue weighted by Crippen LogP contribution is 2.20. The number of hydrogen-bond donors (Lipinski definition) is 1. The van der Waals surface area contributed by atoms with Crippen molar-refractivity contribution in [3.63, 3.8) is 0 Å². The second kappa shape index (κ2) is 5.07. The quantitative estimate of drug-likeness (QED) is 0.809. The van der Waals surface area contributed by atoms with Crippen LogP contribution < -0.4 is 0 Å². The average molecular weight is 215 g/mol. The molecule has 0 aliphatic carbocycles. The second-order valence-electron chi connectivity index (χ2n) is 3.10. The van der Waals surface area contributed by atoms with Gasteiger partial charge in [0.15, 0.2) is 0 Å². The van der Waals surface area contributed by atoms with Crippen molar-refractivity contribution < 1.29 is 14.6 Å². The van der Waals surface area contributed by atoms with E-state index in [0.29, 0.717) is 12.3 Å². The summed E-state index contributed by atoms with van der Waals surface area (Å²) in [5.74, 6) is -0.617. The summed E-state index contributed by atoms with van der Waals surface area (Å²) in [7, 11) is 1.64. The van der Waals surface area contributed by atoms with Crippen molar-refractivity contribution in [2.45, 2.75) is 19.3 Å². The summed E-state index contributed by atoms with van der Waals surface area (Å²) in [6, 6.07) is 0. The lowest BCUT2D eigenvalue weighted by atomic mass is 10.2. The number of ether oxygens (including phenoxy) is 1. The molecule has 14 heavy (non-hydrogen) atoms. The van der Waals surface area contributed by atoms with E-state index in [2.05, 4.69) is 4.98 Å². The van der Waals surface area contributed by atoms with Gasteiger partial charge >= 0.3 is 5.97 Å². The topological polar surface area (TPSA) is 59.4 Å². The van der Waals surface area contributed by atoms with E-state index in [1.807, 2.05) is 6.92 Å². The molecule has 0 amide bonds. The second-order valence-corrected chi connectivity index (χ2v) is 3.99. The van der Waals surface area contributed by atoms with Gasteiger partial charge < -0.3 is 9.84 Å². The minimum Gasteiger partial charge on any atom is -0.481 e.